The Bertz CT molecular complexity index is 567. The molecular formula is C15H13ClO3. The van der Waals surface area contributed by atoms with Crippen LogP contribution >= 0.6 is 11.6 Å². The lowest BCUT2D eigenvalue weighted by Crippen LogP contribution is -2.06. The smallest absolute Gasteiger partial charge is 0.339 e. The monoisotopic (exact) mass is 276 g/mol. The number of para-hydroxylation sites is 1. The summed E-state index contributed by atoms with van der Waals surface area (Å²) in [6, 6.07) is 14.5. The number of hydrogen-bond donors (Lipinski definition) is 1. The minimum atomic E-state index is -1.04. The number of halogens is 1. The fourth-order valence-electron chi connectivity index (χ4n) is 1.74. The van der Waals surface area contributed by atoms with Crippen molar-refractivity contribution in [2.75, 3.05) is 6.61 Å². The normalized spacial score (nSPS) is 10.2. The Labute approximate surface area is 116 Å². The summed E-state index contributed by atoms with van der Waals surface area (Å²) in [7, 11) is 0. The molecule has 19 heavy (non-hydrogen) atoms. The summed E-state index contributed by atoms with van der Waals surface area (Å²) in [5, 5.41) is 9.38. The Morgan fingerprint density at radius 3 is 2.53 bits per heavy atom. The number of rotatable bonds is 5. The van der Waals surface area contributed by atoms with E-state index in [4.69, 9.17) is 21.4 Å². The van der Waals surface area contributed by atoms with Gasteiger partial charge in [-0.3, -0.25) is 0 Å². The van der Waals surface area contributed by atoms with Crippen molar-refractivity contribution >= 4 is 17.6 Å². The van der Waals surface area contributed by atoms with Crippen molar-refractivity contribution in [3.05, 3.63) is 64.7 Å². The molecule has 2 aromatic rings. The van der Waals surface area contributed by atoms with E-state index < -0.39 is 5.97 Å². The lowest BCUT2D eigenvalue weighted by atomic mass is 10.1. The molecule has 0 bridgehead atoms. The van der Waals surface area contributed by atoms with E-state index in [-0.39, 0.29) is 11.3 Å². The SMILES string of the molecule is O=C(O)c1cccc(Cl)c1OCCc1ccccc1. The molecule has 3 nitrogen and oxygen atoms in total. The van der Waals surface area contributed by atoms with Crippen molar-refractivity contribution in [2.45, 2.75) is 6.42 Å². The third-order valence-corrected chi connectivity index (χ3v) is 2.97. The summed E-state index contributed by atoms with van der Waals surface area (Å²) < 4.78 is 5.52. The van der Waals surface area contributed by atoms with E-state index in [9.17, 15) is 4.79 Å². The molecular weight excluding hydrogens is 264 g/mol. The van der Waals surface area contributed by atoms with Crippen LogP contribution in [0.5, 0.6) is 5.75 Å². The van der Waals surface area contributed by atoms with Gasteiger partial charge in [0.05, 0.1) is 11.6 Å². The average Bonchev–Trinajstić information content (AvgIpc) is 2.41. The molecule has 2 rings (SSSR count). The quantitative estimate of drug-likeness (QED) is 0.906. The molecule has 0 aliphatic heterocycles. The highest BCUT2D eigenvalue weighted by Gasteiger charge is 2.14. The van der Waals surface area contributed by atoms with Gasteiger partial charge in [0.25, 0.3) is 0 Å². The summed E-state index contributed by atoms with van der Waals surface area (Å²) in [6.45, 7) is 0.383. The van der Waals surface area contributed by atoms with Crippen LogP contribution in [0.15, 0.2) is 48.5 Å². The fourth-order valence-corrected chi connectivity index (χ4v) is 1.97. The van der Waals surface area contributed by atoms with Gasteiger partial charge in [0.15, 0.2) is 5.75 Å². The second-order valence-electron chi connectivity index (χ2n) is 4.01. The van der Waals surface area contributed by atoms with Crippen molar-refractivity contribution in [2.24, 2.45) is 0 Å². The molecule has 0 fully saturated rings. The van der Waals surface area contributed by atoms with Crippen molar-refractivity contribution in [3.8, 4) is 5.75 Å². The molecule has 0 atom stereocenters. The Kier molecular flexibility index (Phi) is 4.42. The highest BCUT2D eigenvalue weighted by atomic mass is 35.5. The maximum atomic E-state index is 11.1. The van der Waals surface area contributed by atoms with Crippen LogP contribution in [0, 0.1) is 0 Å². The van der Waals surface area contributed by atoms with Crippen LogP contribution in [0.1, 0.15) is 15.9 Å². The van der Waals surface area contributed by atoms with E-state index in [0.717, 1.165) is 5.56 Å². The minimum Gasteiger partial charge on any atom is -0.491 e. The second-order valence-corrected chi connectivity index (χ2v) is 4.41. The molecule has 0 aliphatic rings. The fraction of sp³-hybridized carbons (Fsp3) is 0.133. The molecule has 0 spiro atoms. The molecule has 1 N–H and O–H groups in total. The maximum Gasteiger partial charge on any atom is 0.339 e. The summed E-state index contributed by atoms with van der Waals surface area (Å²) in [4.78, 5) is 11.1. The van der Waals surface area contributed by atoms with E-state index in [1.807, 2.05) is 30.3 Å². The first kappa shape index (κ1) is 13.4. The Morgan fingerprint density at radius 1 is 1.11 bits per heavy atom. The van der Waals surface area contributed by atoms with Crippen molar-refractivity contribution < 1.29 is 14.6 Å². The van der Waals surface area contributed by atoms with E-state index in [1.54, 1.807) is 12.1 Å². The van der Waals surface area contributed by atoms with Gasteiger partial charge in [0.1, 0.15) is 5.56 Å². The molecule has 4 heteroatoms. The molecule has 2 aromatic carbocycles. The molecule has 0 radical (unpaired) electrons. The number of hydrogen-bond acceptors (Lipinski definition) is 2. The molecule has 0 aliphatic carbocycles. The predicted molar refractivity (Wildman–Crippen MR) is 74.1 cm³/mol. The number of benzene rings is 2. The number of carboxylic acids is 1. The molecule has 0 saturated carbocycles. The van der Waals surface area contributed by atoms with E-state index >= 15 is 0 Å². The topological polar surface area (TPSA) is 46.5 Å². The Morgan fingerprint density at radius 2 is 1.84 bits per heavy atom. The first-order valence-electron chi connectivity index (χ1n) is 5.87. The van der Waals surface area contributed by atoms with Crippen molar-refractivity contribution in [1.82, 2.24) is 0 Å². The minimum absolute atomic E-state index is 0.0839. The number of carboxylic acid groups (broad SMARTS) is 1. The van der Waals surface area contributed by atoms with Crippen LogP contribution in [-0.4, -0.2) is 17.7 Å². The van der Waals surface area contributed by atoms with Gasteiger partial charge in [-0.15, -0.1) is 0 Å². The summed E-state index contributed by atoms with van der Waals surface area (Å²) in [6.07, 6.45) is 0.700. The standard InChI is InChI=1S/C15H13ClO3/c16-13-8-4-7-12(15(17)18)14(13)19-10-9-11-5-2-1-3-6-11/h1-8H,9-10H2,(H,17,18). The third-order valence-electron chi connectivity index (χ3n) is 2.68. The second kappa shape index (κ2) is 6.25. The largest absolute Gasteiger partial charge is 0.491 e. The molecule has 0 heterocycles. The van der Waals surface area contributed by atoms with Gasteiger partial charge in [-0.1, -0.05) is 48.0 Å². The van der Waals surface area contributed by atoms with Gasteiger partial charge < -0.3 is 9.84 Å². The summed E-state index contributed by atoms with van der Waals surface area (Å²) in [5.74, 6) is -0.815. The lowest BCUT2D eigenvalue weighted by Gasteiger charge is -2.10. The maximum absolute atomic E-state index is 11.1. The van der Waals surface area contributed by atoms with Gasteiger partial charge in [0, 0.05) is 6.42 Å². The van der Waals surface area contributed by atoms with E-state index in [2.05, 4.69) is 0 Å². The molecule has 0 unspecified atom stereocenters. The van der Waals surface area contributed by atoms with Gasteiger partial charge >= 0.3 is 5.97 Å². The van der Waals surface area contributed by atoms with Gasteiger partial charge in [-0.2, -0.15) is 0 Å². The van der Waals surface area contributed by atoms with E-state index in [1.165, 1.54) is 6.07 Å². The Hall–Kier alpha value is -2.00. The molecule has 0 amide bonds. The van der Waals surface area contributed by atoms with Gasteiger partial charge in [-0.05, 0) is 17.7 Å². The number of carbonyl (C=O) groups is 1. The van der Waals surface area contributed by atoms with Crippen molar-refractivity contribution in [1.29, 1.82) is 0 Å². The zero-order valence-electron chi connectivity index (χ0n) is 10.2. The Balaban J connectivity index is 2.05. The van der Waals surface area contributed by atoms with Crippen LogP contribution in [0.2, 0.25) is 5.02 Å². The average molecular weight is 277 g/mol. The molecule has 98 valence electrons. The zero-order chi connectivity index (χ0) is 13.7. The molecule has 0 aromatic heterocycles. The van der Waals surface area contributed by atoms with E-state index in [0.29, 0.717) is 18.1 Å². The summed E-state index contributed by atoms with van der Waals surface area (Å²) >= 11 is 5.97. The predicted octanol–water partition coefficient (Wildman–Crippen LogP) is 3.66. The number of aromatic carboxylic acids is 1. The third kappa shape index (κ3) is 3.48. The molecule has 0 saturated heterocycles. The van der Waals surface area contributed by atoms with Crippen LogP contribution in [0.4, 0.5) is 0 Å². The highest BCUT2D eigenvalue weighted by Crippen LogP contribution is 2.28. The first-order valence-corrected chi connectivity index (χ1v) is 6.25. The zero-order valence-corrected chi connectivity index (χ0v) is 10.9. The van der Waals surface area contributed by atoms with Gasteiger partial charge in [-0.25, -0.2) is 4.79 Å². The van der Waals surface area contributed by atoms with Crippen LogP contribution < -0.4 is 4.74 Å². The summed E-state index contributed by atoms with van der Waals surface area (Å²) in [5.41, 5.74) is 1.21. The van der Waals surface area contributed by atoms with Gasteiger partial charge in [0.2, 0.25) is 0 Å². The van der Waals surface area contributed by atoms with Crippen LogP contribution in [0.25, 0.3) is 0 Å². The number of ether oxygens (including phenoxy) is 1. The highest BCUT2D eigenvalue weighted by molar-refractivity contribution is 6.32. The van der Waals surface area contributed by atoms with Crippen LogP contribution in [0.3, 0.4) is 0 Å². The lowest BCUT2D eigenvalue weighted by molar-refractivity contribution is 0.0692. The van der Waals surface area contributed by atoms with Crippen LogP contribution in [-0.2, 0) is 6.42 Å². The first-order chi connectivity index (χ1) is 9.18. The van der Waals surface area contributed by atoms with Crippen molar-refractivity contribution in [3.63, 3.8) is 0 Å².